The van der Waals surface area contributed by atoms with Gasteiger partial charge in [0.25, 0.3) is 0 Å². The summed E-state index contributed by atoms with van der Waals surface area (Å²) in [6, 6.07) is 0.367. The molecule has 13 heavy (non-hydrogen) atoms. The van der Waals surface area contributed by atoms with Crippen LogP contribution >= 0.6 is 22.6 Å². The van der Waals surface area contributed by atoms with Crippen LogP contribution in [0.5, 0.6) is 0 Å². The van der Waals surface area contributed by atoms with E-state index < -0.39 is 0 Å². The van der Waals surface area contributed by atoms with Crippen molar-refractivity contribution in [3.8, 4) is 0 Å². The minimum absolute atomic E-state index is 0.314. The van der Waals surface area contributed by atoms with Gasteiger partial charge in [0, 0.05) is 7.05 Å². The molecule has 0 amide bonds. The van der Waals surface area contributed by atoms with Crippen LogP contribution < -0.4 is 10.2 Å². The summed E-state index contributed by atoms with van der Waals surface area (Å²) in [7, 11) is 1.98. The van der Waals surface area contributed by atoms with Crippen molar-refractivity contribution in [3.05, 3.63) is 0 Å². The number of hydrogen-bond donors (Lipinski definition) is 1. The molecule has 1 N–H and O–H groups in total. The maximum absolute atomic E-state index is 3.92. The van der Waals surface area contributed by atoms with Crippen molar-refractivity contribution in [2.75, 3.05) is 17.3 Å². The van der Waals surface area contributed by atoms with Crippen LogP contribution in [-0.4, -0.2) is 37.8 Å². The molecule has 0 bridgehead atoms. The Morgan fingerprint density at radius 3 is 2.85 bits per heavy atom. The molecule has 7 heteroatoms. The Morgan fingerprint density at radius 2 is 2.08 bits per heavy atom. The predicted octanol–water partition coefficient (Wildman–Crippen LogP) is 0.278. The van der Waals surface area contributed by atoms with Gasteiger partial charge in [0.2, 0.25) is 0 Å². The van der Waals surface area contributed by atoms with E-state index in [9.17, 15) is 0 Å². The predicted molar refractivity (Wildman–Crippen MR) is 56.9 cm³/mol. The lowest BCUT2D eigenvalue weighted by atomic mass is 10.2. The minimum Gasteiger partial charge on any atom is -0.352 e. The second kappa shape index (κ2) is 3.20. The molecule has 1 aliphatic heterocycles. The van der Waals surface area contributed by atoms with Gasteiger partial charge in [-0.2, -0.15) is 0 Å². The molecular formula is C6H9IN6. The lowest BCUT2D eigenvalue weighted by Crippen LogP contribution is -2.45. The van der Waals surface area contributed by atoms with Gasteiger partial charge in [0.1, 0.15) is 0 Å². The molecular weight excluding hydrogens is 283 g/mol. The van der Waals surface area contributed by atoms with E-state index in [1.165, 1.54) is 0 Å². The molecule has 2 heterocycles. The van der Waals surface area contributed by atoms with Gasteiger partial charge in [0.05, 0.1) is 10.1 Å². The fourth-order valence-corrected chi connectivity index (χ4v) is 1.97. The van der Waals surface area contributed by atoms with E-state index in [4.69, 9.17) is 0 Å². The Bertz CT molecular complexity index is 318. The highest BCUT2D eigenvalue weighted by molar-refractivity contribution is 14.1. The zero-order chi connectivity index (χ0) is 9.42. The molecule has 1 aromatic heterocycles. The highest BCUT2D eigenvalue weighted by atomic mass is 127. The van der Waals surface area contributed by atoms with Crippen LogP contribution in [0.2, 0.25) is 0 Å². The van der Waals surface area contributed by atoms with E-state index in [-0.39, 0.29) is 0 Å². The Labute approximate surface area is 89.2 Å². The molecule has 70 valence electrons. The fourth-order valence-electron chi connectivity index (χ4n) is 1.19. The third-order valence-electron chi connectivity index (χ3n) is 2.18. The van der Waals surface area contributed by atoms with Gasteiger partial charge in [-0.05, 0) is 17.4 Å². The Balaban J connectivity index is 2.43. The van der Waals surface area contributed by atoms with Gasteiger partial charge in [-0.3, -0.25) is 0 Å². The van der Waals surface area contributed by atoms with Crippen molar-refractivity contribution < 1.29 is 0 Å². The van der Waals surface area contributed by atoms with Gasteiger partial charge >= 0.3 is 0 Å². The number of alkyl halides is 1. The number of nitrogens with zero attached hydrogens (tertiary/aromatic N) is 5. The Kier molecular flexibility index (Phi) is 2.18. The first-order chi connectivity index (χ1) is 6.20. The number of halogens is 1. The molecule has 0 spiro atoms. The molecule has 0 fully saturated rings. The molecule has 1 aromatic rings. The first-order valence-electron chi connectivity index (χ1n) is 3.89. The maximum Gasteiger partial charge on any atom is 0.198 e. The van der Waals surface area contributed by atoms with E-state index in [2.05, 4.69) is 55.5 Å². The van der Waals surface area contributed by atoms with Crippen molar-refractivity contribution in [2.24, 2.45) is 0 Å². The summed E-state index contributed by atoms with van der Waals surface area (Å²) in [5.74, 6) is 1.46. The van der Waals surface area contributed by atoms with Crippen LogP contribution in [-0.2, 0) is 0 Å². The molecule has 0 aliphatic carbocycles. The molecule has 2 atom stereocenters. The number of nitrogens with one attached hydrogen (secondary N) is 1. The number of anilines is 2. The van der Waals surface area contributed by atoms with E-state index in [1.807, 2.05) is 11.9 Å². The van der Waals surface area contributed by atoms with Gasteiger partial charge in [-0.1, -0.05) is 22.6 Å². The second-order valence-corrected chi connectivity index (χ2v) is 4.29. The highest BCUT2D eigenvalue weighted by Gasteiger charge is 2.29. The number of hydrogen-bond acceptors (Lipinski definition) is 6. The number of likely N-dealkylation sites (N-methyl/N-ethyl adjacent to an activating group) is 1. The SMILES string of the molecule is CC1C(I)Nc2nnnnc2N1C. The Hall–Kier alpha value is -0.730. The van der Waals surface area contributed by atoms with E-state index in [1.54, 1.807) is 0 Å². The highest BCUT2D eigenvalue weighted by Crippen LogP contribution is 2.29. The summed E-state index contributed by atoms with van der Waals surface area (Å²) in [5, 5.41) is 18.0. The number of aromatic nitrogens is 4. The zero-order valence-electron chi connectivity index (χ0n) is 7.27. The van der Waals surface area contributed by atoms with Gasteiger partial charge < -0.3 is 10.2 Å². The van der Waals surface area contributed by atoms with E-state index >= 15 is 0 Å². The van der Waals surface area contributed by atoms with E-state index in [0.717, 1.165) is 5.82 Å². The van der Waals surface area contributed by atoms with Gasteiger partial charge in [0.15, 0.2) is 11.6 Å². The van der Waals surface area contributed by atoms with Crippen molar-refractivity contribution >= 4 is 34.2 Å². The largest absolute Gasteiger partial charge is 0.352 e. The van der Waals surface area contributed by atoms with Crippen LogP contribution in [0, 0.1) is 0 Å². The van der Waals surface area contributed by atoms with Gasteiger partial charge in [-0.15, -0.1) is 10.2 Å². The van der Waals surface area contributed by atoms with Crippen LogP contribution in [0.1, 0.15) is 6.92 Å². The summed E-state index contributed by atoms with van der Waals surface area (Å²) in [6.45, 7) is 2.12. The standard InChI is InChI=1S/C6H9IN6/c1-3-4(7)8-5-6(13(3)2)10-12-11-9-5/h3-4H,1-2H3,(H,8,9,12). The molecule has 1 aliphatic rings. The summed E-state index contributed by atoms with van der Waals surface area (Å²) in [4.78, 5) is 2.05. The topological polar surface area (TPSA) is 66.8 Å². The monoisotopic (exact) mass is 292 g/mol. The second-order valence-electron chi connectivity index (χ2n) is 2.95. The molecule has 2 rings (SSSR count). The number of fused-ring (bicyclic) bond motifs is 1. The summed E-state index contributed by atoms with van der Waals surface area (Å²) < 4.78 is 0.314. The lowest BCUT2D eigenvalue weighted by molar-refractivity contribution is 0.636. The third-order valence-corrected chi connectivity index (χ3v) is 3.53. The van der Waals surface area contributed by atoms with Crippen molar-refractivity contribution in [1.82, 2.24) is 20.6 Å². The van der Waals surface area contributed by atoms with Gasteiger partial charge in [-0.25, -0.2) is 0 Å². The molecule has 0 saturated heterocycles. The fraction of sp³-hybridized carbons (Fsp3) is 0.667. The van der Waals surface area contributed by atoms with Crippen LogP contribution in [0.25, 0.3) is 0 Å². The first kappa shape index (κ1) is 8.85. The van der Waals surface area contributed by atoms with Crippen LogP contribution in [0.4, 0.5) is 11.6 Å². The molecule has 0 aromatic carbocycles. The molecule has 0 radical (unpaired) electrons. The van der Waals surface area contributed by atoms with Crippen molar-refractivity contribution in [3.63, 3.8) is 0 Å². The summed E-state index contributed by atoms with van der Waals surface area (Å²) in [5.41, 5.74) is 0. The van der Waals surface area contributed by atoms with E-state index in [0.29, 0.717) is 15.9 Å². The third kappa shape index (κ3) is 1.40. The molecule has 2 unspecified atom stereocenters. The summed E-state index contributed by atoms with van der Waals surface area (Å²) >= 11 is 2.33. The smallest absolute Gasteiger partial charge is 0.198 e. The summed E-state index contributed by atoms with van der Waals surface area (Å²) in [6.07, 6.45) is 0. The van der Waals surface area contributed by atoms with Crippen molar-refractivity contribution in [2.45, 2.75) is 17.0 Å². The number of rotatable bonds is 0. The average molecular weight is 292 g/mol. The zero-order valence-corrected chi connectivity index (χ0v) is 9.43. The average Bonchev–Trinajstić information content (AvgIpc) is 2.15. The van der Waals surface area contributed by atoms with Crippen LogP contribution in [0.15, 0.2) is 0 Å². The van der Waals surface area contributed by atoms with Crippen molar-refractivity contribution in [1.29, 1.82) is 0 Å². The maximum atomic E-state index is 3.92. The lowest BCUT2D eigenvalue weighted by Gasteiger charge is -2.35. The molecule has 6 nitrogen and oxygen atoms in total. The minimum atomic E-state index is 0.314. The Morgan fingerprint density at radius 1 is 1.38 bits per heavy atom. The van der Waals surface area contributed by atoms with Crippen LogP contribution in [0.3, 0.4) is 0 Å². The molecule has 0 saturated carbocycles. The first-order valence-corrected chi connectivity index (χ1v) is 5.14. The quantitative estimate of drug-likeness (QED) is 0.421. The normalized spacial score (nSPS) is 26.5.